The smallest absolute Gasteiger partial charge is 0.281 e. The van der Waals surface area contributed by atoms with Crippen LogP contribution < -0.4 is 14.5 Å². The second kappa shape index (κ2) is 8.75. The van der Waals surface area contributed by atoms with E-state index < -0.39 is 0 Å². The Morgan fingerprint density at radius 2 is 1.77 bits per heavy atom. The Bertz CT molecular complexity index is 1150. The summed E-state index contributed by atoms with van der Waals surface area (Å²) in [6, 6.07) is 21.7. The highest BCUT2D eigenvalue weighted by Gasteiger charge is 2.32. The number of ether oxygens (including phenoxy) is 2. The van der Waals surface area contributed by atoms with E-state index in [9.17, 15) is 9.90 Å². The van der Waals surface area contributed by atoms with Crippen molar-refractivity contribution in [2.24, 2.45) is 5.10 Å². The Morgan fingerprint density at radius 1 is 1.03 bits per heavy atom. The first-order valence-corrected chi connectivity index (χ1v) is 9.91. The Kier molecular flexibility index (Phi) is 5.71. The summed E-state index contributed by atoms with van der Waals surface area (Å²) in [5.74, 6) is 0.906. The van der Waals surface area contributed by atoms with Crippen molar-refractivity contribution in [3.05, 3.63) is 89.5 Å². The molecule has 0 fully saturated rings. The van der Waals surface area contributed by atoms with Crippen molar-refractivity contribution in [1.82, 2.24) is 0 Å². The van der Waals surface area contributed by atoms with E-state index in [0.717, 1.165) is 16.9 Å². The van der Waals surface area contributed by atoms with E-state index >= 15 is 0 Å². The number of phenols is 1. The molecular weight excluding hydrogens is 392 g/mol. The lowest BCUT2D eigenvalue weighted by atomic mass is 10.00. The normalized spacial score (nSPS) is 14.6. The summed E-state index contributed by atoms with van der Waals surface area (Å²) in [4.78, 5) is 13.3. The number of nitrogens with zero attached hydrogens (tertiary/aromatic N) is 2. The van der Waals surface area contributed by atoms with E-state index in [-0.39, 0.29) is 11.7 Å². The van der Waals surface area contributed by atoms with Crippen LogP contribution in [0.1, 0.15) is 18.1 Å². The maximum Gasteiger partial charge on any atom is 0.281 e. The van der Waals surface area contributed by atoms with Crippen molar-refractivity contribution < 1.29 is 19.4 Å². The Morgan fingerprint density at radius 3 is 2.45 bits per heavy atom. The lowest BCUT2D eigenvalue weighted by molar-refractivity contribution is -0.114. The molecule has 1 aliphatic heterocycles. The minimum atomic E-state index is -0.233. The van der Waals surface area contributed by atoms with E-state index in [4.69, 9.17) is 9.47 Å². The standard InChI is InChI=1S/C25H22N2O4/c1-3-31-23-16-17(9-14-22(23)28)15-21-24(18-10-12-20(30-2)13-11-18)26-27(25(21)29)19-7-5-4-6-8-19/h4-16,28H,3H2,1-2H3/b21-15-. The van der Waals surface area contributed by atoms with Gasteiger partial charge in [0.25, 0.3) is 5.91 Å². The third-order valence-electron chi connectivity index (χ3n) is 4.84. The van der Waals surface area contributed by atoms with Crippen molar-refractivity contribution >= 4 is 23.4 Å². The molecule has 31 heavy (non-hydrogen) atoms. The van der Waals surface area contributed by atoms with E-state index in [1.807, 2.05) is 61.5 Å². The highest BCUT2D eigenvalue weighted by molar-refractivity contribution is 6.37. The van der Waals surface area contributed by atoms with E-state index in [1.165, 1.54) is 5.01 Å². The molecule has 6 nitrogen and oxygen atoms in total. The molecule has 0 spiro atoms. The van der Waals surface area contributed by atoms with Crippen LogP contribution in [0.5, 0.6) is 17.2 Å². The molecule has 3 aromatic rings. The van der Waals surface area contributed by atoms with Gasteiger partial charge in [0.2, 0.25) is 0 Å². The van der Waals surface area contributed by atoms with Crippen LogP contribution in [0, 0.1) is 0 Å². The number of methoxy groups -OCH3 is 1. The quantitative estimate of drug-likeness (QED) is 0.597. The summed E-state index contributed by atoms with van der Waals surface area (Å²) < 4.78 is 10.7. The summed E-state index contributed by atoms with van der Waals surface area (Å²) in [6.45, 7) is 2.27. The highest BCUT2D eigenvalue weighted by atomic mass is 16.5. The molecule has 0 bridgehead atoms. The minimum Gasteiger partial charge on any atom is -0.504 e. The number of carbonyl (C=O) groups excluding carboxylic acids is 1. The molecule has 4 rings (SSSR count). The predicted octanol–water partition coefficient (Wildman–Crippen LogP) is 4.63. The topological polar surface area (TPSA) is 71.4 Å². The molecular formula is C25H22N2O4. The lowest BCUT2D eigenvalue weighted by Gasteiger charge is -2.11. The summed E-state index contributed by atoms with van der Waals surface area (Å²) in [5.41, 5.74) is 3.20. The number of para-hydroxylation sites is 1. The molecule has 0 saturated heterocycles. The predicted molar refractivity (Wildman–Crippen MR) is 121 cm³/mol. The first-order valence-electron chi connectivity index (χ1n) is 9.91. The van der Waals surface area contributed by atoms with Gasteiger partial charge in [-0.1, -0.05) is 24.3 Å². The first kappa shape index (κ1) is 20.2. The van der Waals surface area contributed by atoms with Crippen molar-refractivity contribution in [3.63, 3.8) is 0 Å². The zero-order chi connectivity index (χ0) is 21.8. The van der Waals surface area contributed by atoms with Crippen LogP contribution in [0.25, 0.3) is 6.08 Å². The fourth-order valence-electron chi connectivity index (χ4n) is 3.31. The van der Waals surface area contributed by atoms with Crippen molar-refractivity contribution in [3.8, 4) is 17.2 Å². The summed E-state index contributed by atoms with van der Waals surface area (Å²) >= 11 is 0. The Labute approximate surface area is 180 Å². The van der Waals surface area contributed by atoms with Gasteiger partial charge in [0.15, 0.2) is 11.5 Å². The van der Waals surface area contributed by atoms with Crippen LogP contribution in [0.3, 0.4) is 0 Å². The average Bonchev–Trinajstić information content (AvgIpc) is 3.13. The Balaban J connectivity index is 1.80. The number of benzene rings is 3. The molecule has 0 aliphatic carbocycles. The number of phenolic OH excluding ortho intramolecular Hbond substituents is 1. The monoisotopic (exact) mass is 414 g/mol. The van der Waals surface area contributed by atoms with Gasteiger partial charge in [-0.15, -0.1) is 0 Å². The van der Waals surface area contributed by atoms with E-state index in [1.54, 1.807) is 31.4 Å². The molecule has 1 aliphatic rings. The van der Waals surface area contributed by atoms with Crippen molar-refractivity contribution in [2.75, 3.05) is 18.7 Å². The van der Waals surface area contributed by atoms with Gasteiger partial charge >= 0.3 is 0 Å². The SMILES string of the molecule is CCOc1cc(/C=C2\C(=O)N(c3ccccc3)N=C2c2ccc(OC)cc2)ccc1O. The second-order valence-corrected chi connectivity index (χ2v) is 6.85. The van der Waals surface area contributed by atoms with Gasteiger partial charge in [0, 0.05) is 5.56 Å². The van der Waals surface area contributed by atoms with Gasteiger partial charge in [-0.25, -0.2) is 0 Å². The fraction of sp³-hybridized carbons (Fsp3) is 0.120. The van der Waals surface area contributed by atoms with E-state index in [2.05, 4.69) is 5.10 Å². The van der Waals surface area contributed by atoms with Gasteiger partial charge < -0.3 is 14.6 Å². The van der Waals surface area contributed by atoms with Crippen LogP contribution in [-0.2, 0) is 4.79 Å². The zero-order valence-electron chi connectivity index (χ0n) is 17.3. The number of aromatic hydroxyl groups is 1. The minimum absolute atomic E-state index is 0.0525. The molecule has 0 aromatic heterocycles. The van der Waals surface area contributed by atoms with Crippen LogP contribution in [0.2, 0.25) is 0 Å². The van der Waals surface area contributed by atoms with Crippen molar-refractivity contribution in [2.45, 2.75) is 6.92 Å². The first-order chi connectivity index (χ1) is 15.1. The number of rotatable bonds is 6. The second-order valence-electron chi connectivity index (χ2n) is 6.85. The zero-order valence-corrected chi connectivity index (χ0v) is 17.3. The highest BCUT2D eigenvalue weighted by Crippen LogP contribution is 2.31. The number of hydrogen-bond acceptors (Lipinski definition) is 5. The number of amides is 1. The molecule has 156 valence electrons. The number of hydrazone groups is 1. The maximum atomic E-state index is 13.3. The number of anilines is 1. The van der Waals surface area contributed by atoms with Crippen LogP contribution in [0.4, 0.5) is 5.69 Å². The molecule has 0 atom stereocenters. The van der Waals surface area contributed by atoms with E-state index in [0.29, 0.717) is 29.3 Å². The van der Waals surface area contributed by atoms with Gasteiger partial charge in [-0.3, -0.25) is 4.79 Å². The van der Waals surface area contributed by atoms with Gasteiger partial charge in [-0.05, 0) is 67.1 Å². The molecule has 3 aromatic carbocycles. The van der Waals surface area contributed by atoms with Crippen molar-refractivity contribution in [1.29, 1.82) is 0 Å². The molecule has 0 unspecified atom stereocenters. The van der Waals surface area contributed by atoms with Crippen LogP contribution >= 0.6 is 0 Å². The molecule has 1 N–H and O–H groups in total. The summed E-state index contributed by atoms with van der Waals surface area (Å²) in [5, 5.41) is 16.0. The molecule has 0 radical (unpaired) electrons. The number of carbonyl (C=O) groups is 1. The third kappa shape index (κ3) is 4.14. The third-order valence-corrected chi connectivity index (χ3v) is 4.84. The molecule has 1 heterocycles. The van der Waals surface area contributed by atoms with Gasteiger partial charge in [-0.2, -0.15) is 10.1 Å². The van der Waals surface area contributed by atoms with Crippen LogP contribution in [0.15, 0.2) is 83.5 Å². The maximum absolute atomic E-state index is 13.3. The average molecular weight is 414 g/mol. The summed E-state index contributed by atoms with van der Waals surface area (Å²) in [6.07, 6.45) is 1.76. The van der Waals surface area contributed by atoms with Gasteiger partial charge in [0.05, 0.1) is 25.0 Å². The molecule has 6 heteroatoms. The lowest BCUT2D eigenvalue weighted by Crippen LogP contribution is -2.21. The number of hydrogen-bond donors (Lipinski definition) is 1. The summed E-state index contributed by atoms with van der Waals surface area (Å²) in [7, 11) is 1.61. The van der Waals surface area contributed by atoms with Crippen LogP contribution in [-0.4, -0.2) is 30.4 Å². The Hall–Kier alpha value is -4.06. The largest absolute Gasteiger partial charge is 0.504 e. The molecule has 1 amide bonds. The molecule has 0 saturated carbocycles. The fourth-order valence-corrected chi connectivity index (χ4v) is 3.31. The van der Waals surface area contributed by atoms with Gasteiger partial charge in [0.1, 0.15) is 11.5 Å².